The maximum atomic E-state index is 13.0. The van der Waals surface area contributed by atoms with E-state index in [1.165, 1.54) is 0 Å². The minimum absolute atomic E-state index is 0.142. The highest BCUT2D eigenvalue weighted by atomic mass is 35.5. The molecule has 7 heteroatoms. The molecule has 1 fully saturated rings. The van der Waals surface area contributed by atoms with Gasteiger partial charge < -0.3 is 4.52 Å². The zero-order valence-corrected chi connectivity index (χ0v) is 14.6. The lowest BCUT2D eigenvalue weighted by Gasteiger charge is -2.45. The Labute approximate surface area is 126 Å². The Balaban J connectivity index is 2.81. The highest BCUT2D eigenvalue weighted by Crippen LogP contribution is 2.57. The van der Waals surface area contributed by atoms with E-state index in [0.717, 1.165) is 6.54 Å². The third kappa shape index (κ3) is 4.33. The molecule has 0 aromatic carbocycles. The summed E-state index contributed by atoms with van der Waals surface area (Å²) in [6.45, 7) is 8.88. The fourth-order valence-corrected chi connectivity index (χ4v) is 5.06. The number of hydrogen-bond acceptors (Lipinski definition) is 2. The van der Waals surface area contributed by atoms with Crippen molar-refractivity contribution in [3.8, 4) is 0 Å². The number of hydrogen-bond donors (Lipinski definition) is 0. The molecule has 1 heterocycles. The quantitative estimate of drug-likeness (QED) is 0.570. The minimum atomic E-state index is -2.96. The Morgan fingerprint density at radius 3 is 2.21 bits per heavy atom. The fraction of sp³-hybridized carbons (Fsp3) is 1.00. The highest BCUT2D eigenvalue weighted by molar-refractivity contribution is 7.54. The van der Waals surface area contributed by atoms with Crippen LogP contribution in [-0.4, -0.2) is 54.4 Å². The van der Waals surface area contributed by atoms with Crippen LogP contribution in [0, 0.1) is 11.3 Å². The number of nitrogens with zero attached hydrogens (tertiary/aromatic N) is 2. The van der Waals surface area contributed by atoms with Crippen molar-refractivity contribution in [3.63, 3.8) is 0 Å². The average Bonchev–Trinajstić information content (AvgIpc) is 2.31. The van der Waals surface area contributed by atoms with Crippen molar-refractivity contribution in [3.05, 3.63) is 0 Å². The summed E-state index contributed by atoms with van der Waals surface area (Å²) in [7, 11) is -1.10. The van der Waals surface area contributed by atoms with Crippen LogP contribution in [0.4, 0.5) is 0 Å². The van der Waals surface area contributed by atoms with Gasteiger partial charge in [-0.25, -0.2) is 9.34 Å². The summed E-state index contributed by atoms with van der Waals surface area (Å²) in [4.78, 5) is 0. The van der Waals surface area contributed by atoms with Crippen molar-refractivity contribution < 1.29 is 9.09 Å². The largest absolute Gasteiger partial charge is 0.345 e. The molecule has 0 radical (unpaired) electrons. The van der Waals surface area contributed by atoms with Gasteiger partial charge in [-0.15, -0.1) is 23.2 Å². The van der Waals surface area contributed by atoms with Gasteiger partial charge in [-0.2, -0.15) is 0 Å². The molecule has 0 bridgehead atoms. The standard InChI is InChI=1S/C12H25Cl2N2O2P/c1-12(2,3)11-9-15(4)19(17,18-10-11)16(7-5-13)8-6-14/h11H,5-10H2,1-4H3/t11-,19+/m1/s1. The first-order chi connectivity index (χ1) is 8.75. The van der Waals surface area contributed by atoms with Crippen molar-refractivity contribution in [2.24, 2.45) is 11.3 Å². The number of rotatable bonds is 5. The molecule has 1 rings (SSSR count). The number of alkyl halides is 2. The van der Waals surface area contributed by atoms with E-state index in [2.05, 4.69) is 20.8 Å². The van der Waals surface area contributed by atoms with Gasteiger partial charge in [0.25, 0.3) is 0 Å². The van der Waals surface area contributed by atoms with E-state index in [0.29, 0.717) is 37.4 Å². The summed E-state index contributed by atoms with van der Waals surface area (Å²) in [6, 6.07) is 0. The van der Waals surface area contributed by atoms with Crippen molar-refractivity contribution in [2.45, 2.75) is 20.8 Å². The molecule has 0 N–H and O–H groups in total. The van der Waals surface area contributed by atoms with Crippen LogP contribution >= 0.6 is 30.9 Å². The zero-order valence-electron chi connectivity index (χ0n) is 12.2. The van der Waals surface area contributed by atoms with Crippen LogP contribution in [0.2, 0.25) is 0 Å². The smallest absolute Gasteiger partial charge is 0.306 e. The molecule has 1 aliphatic heterocycles. The molecule has 1 saturated heterocycles. The molecule has 4 nitrogen and oxygen atoms in total. The SMILES string of the molecule is CN1C[C@@H](C(C)(C)C)CO[P@]1(=O)N(CCCl)CCCl. The zero-order chi connectivity index (χ0) is 14.7. The van der Waals surface area contributed by atoms with Gasteiger partial charge in [0, 0.05) is 37.3 Å². The Hall–Kier alpha value is 0.690. The van der Waals surface area contributed by atoms with E-state index >= 15 is 0 Å². The molecule has 2 atom stereocenters. The third-order valence-corrected chi connectivity index (χ3v) is 6.59. The molecule has 114 valence electrons. The van der Waals surface area contributed by atoms with E-state index in [-0.39, 0.29) is 5.41 Å². The van der Waals surface area contributed by atoms with Crippen LogP contribution in [0.3, 0.4) is 0 Å². The fourth-order valence-electron chi connectivity index (χ4n) is 2.14. The summed E-state index contributed by atoms with van der Waals surface area (Å²) in [6.07, 6.45) is 0. The van der Waals surface area contributed by atoms with Crippen LogP contribution in [0.1, 0.15) is 20.8 Å². The van der Waals surface area contributed by atoms with Crippen molar-refractivity contribution in [1.82, 2.24) is 9.34 Å². The van der Waals surface area contributed by atoms with Crippen LogP contribution in [0.5, 0.6) is 0 Å². The second-order valence-corrected chi connectivity index (χ2v) is 9.26. The van der Waals surface area contributed by atoms with Crippen LogP contribution in [0.25, 0.3) is 0 Å². The van der Waals surface area contributed by atoms with Gasteiger partial charge in [0.05, 0.1) is 6.61 Å². The second-order valence-electron chi connectivity index (χ2n) is 6.02. The van der Waals surface area contributed by atoms with Gasteiger partial charge in [0.2, 0.25) is 0 Å². The first-order valence-electron chi connectivity index (χ1n) is 6.59. The summed E-state index contributed by atoms with van der Waals surface area (Å²) < 4.78 is 22.4. The lowest BCUT2D eigenvalue weighted by atomic mass is 9.81. The summed E-state index contributed by atoms with van der Waals surface area (Å²) in [5, 5.41) is 0. The maximum Gasteiger partial charge on any atom is 0.345 e. The van der Waals surface area contributed by atoms with Crippen molar-refractivity contribution in [1.29, 1.82) is 0 Å². The van der Waals surface area contributed by atoms with E-state index in [1.807, 2.05) is 11.7 Å². The molecule has 0 spiro atoms. The predicted octanol–water partition coefficient (Wildman–Crippen LogP) is 3.50. The van der Waals surface area contributed by atoms with Gasteiger partial charge in [0.1, 0.15) is 0 Å². The van der Waals surface area contributed by atoms with Crippen molar-refractivity contribution >= 4 is 30.9 Å². The Morgan fingerprint density at radius 2 is 1.84 bits per heavy atom. The van der Waals surface area contributed by atoms with Crippen LogP contribution in [0.15, 0.2) is 0 Å². The van der Waals surface area contributed by atoms with E-state index < -0.39 is 7.67 Å². The topological polar surface area (TPSA) is 32.8 Å². The number of halogens is 2. The lowest BCUT2D eigenvalue weighted by Crippen LogP contribution is -2.44. The van der Waals surface area contributed by atoms with Gasteiger partial charge >= 0.3 is 7.67 Å². The second kappa shape index (κ2) is 7.11. The first-order valence-corrected chi connectivity index (χ1v) is 9.19. The molecule has 19 heavy (non-hydrogen) atoms. The Kier molecular flexibility index (Phi) is 6.63. The highest BCUT2D eigenvalue weighted by Gasteiger charge is 2.43. The Bertz CT molecular complexity index is 330. The molecule has 0 aliphatic carbocycles. The normalized spacial score (nSPS) is 29.9. The maximum absolute atomic E-state index is 13.0. The van der Waals surface area contributed by atoms with Gasteiger partial charge in [0.15, 0.2) is 0 Å². The molecule has 0 aromatic heterocycles. The first kappa shape index (κ1) is 17.7. The van der Waals surface area contributed by atoms with Crippen LogP contribution in [-0.2, 0) is 9.09 Å². The monoisotopic (exact) mass is 330 g/mol. The minimum Gasteiger partial charge on any atom is -0.306 e. The molecule has 0 unspecified atom stereocenters. The predicted molar refractivity (Wildman–Crippen MR) is 82.1 cm³/mol. The van der Waals surface area contributed by atoms with Gasteiger partial charge in [-0.1, -0.05) is 20.8 Å². The molecule has 0 amide bonds. The summed E-state index contributed by atoms with van der Waals surface area (Å²) in [5.74, 6) is 1.20. The molecule has 0 aromatic rings. The van der Waals surface area contributed by atoms with Gasteiger partial charge in [-0.05, 0) is 12.5 Å². The lowest BCUT2D eigenvalue weighted by molar-refractivity contribution is 0.0727. The summed E-state index contributed by atoms with van der Waals surface area (Å²) in [5.41, 5.74) is 0.142. The molecular weight excluding hydrogens is 306 g/mol. The van der Waals surface area contributed by atoms with Crippen molar-refractivity contribution in [2.75, 3.05) is 45.0 Å². The van der Waals surface area contributed by atoms with E-state index in [4.69, 9.17) is 27.7 Å². The van der Waals surface area contributed by atoms with Gasteiger partial charge in [-0.3, -0.25) is 4.57 Å². The average molecular weight is 331 g/mol. The van der Waals surface area contributed by atoms with E-state index in [1.54, 1.807) is 4.67 Å². The summed E-state index contributed by atoms with van der Waals surface area (Å²) >= 11 is 11.6. The Morgan fingerprint density at radius 1 is 1.32 bits per heavy atom. The molecule has 1 aliphatic rings. The van der Waals surface area contributed by atoms with Crippen LogP contribution < -0.4 is 0 Å². The molecular formula is C12H25Cl2N2O2P. The molecule has 0 saturated carbocycles. The van der Waals surface area contributed by atoms with E-state index in [9.17, 15) is 4.57 Å². The third-order valence-electron chi connectivity index (χ3n) is 3.63.